The number of carbonyl (C=O) groups is 2. The summed E-state index contributed by atoms with van der Waals surface area (Å²) < 4.78 is 4.86. The summed E-state index contributed by atoms with van der Waals surface area (Å²) in [4.78, 5) is 24.3. The Kier molecular flexibility index (Phi) is 3.73. The van der Waals surface area contributed by atoms with Gasteiger partial charge in [-0.15, -0.1) is 0 Å². The molecule has 1 saturated heterocycles. The van der Waals surface area contributed by atoms with Gasteiger partial charge >= 0.3 is 6.09 Å². The first-order valence-corrected chi connectivity index (χ1v) is 4.85. The molecule has 1 aliphatic heterocycles. The zero-order valence-electron chi connectivity index (χ0n) is 8.58. The van der Waals surface area contributed by atoms with E-state index in [9.17, 15) is 9.59 Å². The number of hydrogen-bond donors (Lipinski definition) is 1. The number of likely N-dealkylation sites (tertiary alicyclic amines) is 1. The summed E-state index contributed by atoms with van der Waals surface area (Å²) in [6.07, 6.45) is 1.19. The summed E-state index contributed by atoms with van der Waals surface area (Å²) in [6, 6.07) is -0.348. The molecule has 0 aromatic carbocycles. The van der Waals surface area contributed by atoms with Crippen molar-refractivity contribution in [2.75, 3.05) is 20.2 Å². The summed E-state index contributed by atoms with van der Waals surface area (Å²) in [5, 5.41) is 2.55. The monoisotopic (exact) mass is 200 g/mol. The number of hydrogen-bond acceptors (Lipinski definition) is 3. The average molecular weight is 200 g/mol. The minimum absolute atomic E-state index is 0.115. The Balaban J connectivity index is 2.59. The highest BCUT2D eigenvalue weighted by molar-refractivity contribution is 5.85. The maximum atomic E-state index is 11.4. The normalized spacial score (nSPS) is 20.7. The van der Waals surface area contributed by atoms with E-state index >= 15 is 0 Å². The minimum atomic E-state index is -0.390. The smallest absolute Gasteiger partial charge is 0.410 e. The molecule has 1 unspecified atom stereocenters. The largest absolute Gasteiger partial charge is 0.450 e. The van der Waals surface area contributed by atoms with E-state index in [1.54, 1.807) is 14.0 Å². The number of amides is 2. The molecule has 0 spiro atoms. The number of rotatable bonds is 2. The van der Waals surface area contributed by atoms with E-state index in [0.717, 1.165) is 12.8 Å². The first kappa shape index (κ1) is 10.8. The van der Waals surface area contributed by atoms with E-state index in [1.807, 2.05) is 0 Å². The third-order valence-electron chi connectivity index (χ3n) is 2.30. The Hall–Kier alpha value is -1.26. The summed E-state index contributed by atoms with van der Waals surface area (Å²) in [7, 11) is 1.57. The van der Waals surface area contributed by atoms with Crippen LogP contribution in [0.4, 0.5) is 4.79 Å². The lowest BCUT2D eigenvalue weighted by atomic mass is 10.2. The van der Waals surface area contributed by atoms with E-state index in [2.05, 4.69) is 5.32 Å². The molecule has 0 saturated carbocycles. The Morgan fingerprint density at radius 2 is 2.29 bits per heavy atom. The topological polar surface area (TPSA) is 58.6 Å². The zero-order valence-corrected chi connectivity index (χ0v) is 8.58. The molecule has 1 rings (SSSR count). The molecular formula is C9H16N2O3. The first-order valence-electron chi connectivity index (χ1n) is 4.85. The van der Waals surface area contributed by atoms with Gasteiger partial charge in [0.1, 0.15) is 6.04 Å². The van der Waals surface area contributed by atoms with Gasteiger partial charge in [0.2, 0.25) is 5.91 Å². The van der Waals surface area contributed by atoms with Crippen LogP contribution < -0.4 is 5.32 Å². The van der Waals surface area contributed by atoms with E-state index in [0.29, 0.717) is 13.2 Å². The van der Waals surface area contributed by atoms with Gasteiger partial charge < -0.3 is 10.1 Å². The molecule has 0 aromatic heterocycles. The molecule has 5 nitrogen and oxygen atoms in total. The zero-order chi connectivity index (χ0) is 10.6. The van der Waals surface area contributed by atoms with Gasteiger partial charge in [0.15, 0.2) is 0 Å². The van der Waals surface area contributed by atoms with Crippen molar-refractivity contribution in [3.05, 3.63) is 0 Å². The van der Waals surface area contributed by atoms with Crippen LogP contribution in [0.15, 0.2) is 0 Å². The molecular weight excluding hydrogens is 184 g/mol. The van der Waals surface area contributed by atoms with E-state index in [4.69, 9.17) is 4.74 Å². The lowest BCUT2D eigenvalue weighted by Gasteiger charge is -2.22. The summed E-state index contributed by atoms with van der Waals surface area (Å²) in [5.41, 5.74) is 0. The van der Waals surface area contributed by atoms with E-state index in [1.165, 1.54) is 4.90 Å². The fourth-order valence-electron chi connectivity index (χ4n) is 1.63. The summed E-state index contributed by atoms with van der Waals surface area (Å²) >= 11 is 0. The molecule has 1 heterocycles. The average Bonchev–Trinajstić information content (AvgIpc) is 2.65. The van der Waals surface area contributed by atoms with Crippen LogP contribution in [0.2, 0.25) is 0 Å². The van der Waals surface area contributed by atoms with Crippen molar-refractivity contribution in [1.29, 1.82) is 0 Å². The third-order valence-corrected chi connectivity index (χ3v) is 2.30. The fourth-order valence-corrected chi connectivity index (χ4v) is 1.63. The lowest BCUT2D eigenvalue weighted by Crippen LogP contribution is -2.45. The number of likely N-dealkylation sites (N-methyl/N-ethyl adjacent to an activating group) is 1. The number of carbonyl (C=O) groups excluding carboxylic acids is 2. The van der Waals surface area contributed by atoms with E-state index in [-0.39, 0.29) is 11.9 Å². The van der Waals surface area contributed by atoms with Gasteiger partial charge in [-0.25, -0.2) is 4.79 Å². The van der Waals surface area contributed by atoms with Crippen LogP contribution in [0.25, 0.3) is 0 Å². The molecule has 14 heavy (non-hydrogen) atoms. The van der Waals surface area contributed by atoms with Gasteiger partial charge in [0, 0.05) is 13.6 Å². The second-order valence-corrected chi connectivity index (χ2v) is 3.16. The van der Waals surface area contributed by atoms with Gasteiger partial charge in [0.05, 0.1) is 6.61 Å². The van der Waals surface area contributed by atoms with Crippen molar-refractivity contribution in [2.24, 2.45) is 0 Å². The second-order valence-electron chi connectivity index (χ2n) is 3.16. The van der Waals surface area contributed by atoms with Crippen molar-refractivity contribution in [2.45, 2.75) is 25.8 Å². The molecule has 0 aromatic rings. The third kappa shape index (κ3) is 2.16. The summed E-state index contributed by atoms with van der Waals surface area (Å²) in [6.45, 7) is 2.70. The van der Waals surface area contributed by atoms with Crippen molar-refractivity contribution < 1.29 is 14.3 Å². The quantitative estimate of drug-likeness (QED) is 0.700. The van der Waals surface area contributed by atoms with Gasteiger partial charge in [-0.05, 0) is 19.8 Å². The molecule has 0 aliphatic carbocycles. The number of ether oxygens (including phenoxy) is 1. The minimum Gasteiger partial charge on any atom is -0.450 e. The highest BCUT2D eigenvalue weighted by atomic mass is 16.6. The Morgan fingerprint density at radius 1 is 1.57 bits per heavy atom. The molecule has 1 aliphatic rings. The lowest BCUT2D eigenvalue weighted by molar-refractivity contribution is -0.124. The van der Waals surface area contributed by atoms with Gasteiger partial charge in [-0.1, -0.05) is 0 Å². The van der Waals surface area contributed by atoms with Crippen molar-refractivity contribution >= 4 is 12.0 Å². The van der Waals surface area contributed by atoms with E-state index < -0.39 is 6.09 Å². The van der Waals surface area contributed by atoms with Gasteiger partial charge in [-0.2, -0.15) is 0 Å². The van der Waals surface area contributed by atoms with Crippen LogP contribution in [-0.4, -0.2) is 43.1 Å². The standard InChI is InChI=1S/C9H16N2O3/c1-3-14-9(13)11-6-4-5-7(11)8(12)10-2/h7H,3-6H2,1-2H3,(H,10,12). The van der Waals surface area contributed by atoms with Crippen molar-refractivity contribution in [3.63, 3.8) is 0 Å². The summed E-state index contributed by atoms with van der Waals surface area (Å²) in [5.74, 6) is -0.115. The molecule has 1 atom stereocenters. The van der Waals surface area contributed by atoms with Crippen LogP contribution in [0, 0.1) is 0 Å². The number of nitrogens with zero attached hydrogens (tertiary/aromatic N) is 1. The Morgan fingerprint density at radius 3 is 2.86 bits per heavy atom. The fraction of sp³-hybridized carbons (Fsp3) is 0.778. The molecule has 80 valence electrons. The van der Waals surface area contributed by atoms with Crippen LogP contribution in [0.3, 0.4) is 0 Å². The maximum Gasteiger partial charge on any atom is 0.410 e. The molecule has 0 bridgehead atoms. The Labute approximate surface area is 83.4 Å². The SMILES string of the molecule is CCOC(=O)N1CCCC1C(=O)NC. The van der Waals surface area contributed by atoms with Gasteiger partial charge in [-0.3, -0.25) is 9.69 Å². The molecule has 2 amide bonds. The van der Waals surface area contributed by atoms with Crippen LogP contribution in [0.1, 0.15) is 19.8 Å². The maximum absolute atomic E-state index is 11.4. The Bertz CT molecular complexity index is 230. The highest BCUT2D eigenvalue weighted by Gasteiger charge is 2.34. The highest BCUT2D eigenvalue weighted by Crippen LogP contribution is 2.18. The van der Waals surface area contributed by atoms with Crippen molar-refractivity contribution in [1.82, 2.24) is 10.2 Å². The predicted molar refractivity (Wildman–Crippen MR) is 50.8 cm³/mol. The van der Waals surface area contributed by atoms with Crippen molar-refractivity contribution in [3.8, 4) is 0 Å². The van der Waals surface area contributed by atoms with Crippen LogP contribution >= 0.6 is 0 Å². The molecule has 0 radical (unpaired) electrons. The predicted octanol–water partition coefficient (Wildman–Crippen LogP) is 0.353. The molecule has 5 heteroatoms. The first-order chi connectivity index (χ1) is 6.70. The van der Waals surface area contributed by atoms with Gasteiger partial charge in [0.25, 0.3) is 0 Å². The van der Waals surface area contributed by atoms with Crippen LogP contribution in [-0.2, 0) is 9.53 Å². The molecule has 1 fully saturated rings. The van der Waals surface area contributed by atoms with Crippen LogP contribution in [0.5, 0.6) is 0 Å². The second kappa shape index (κ2) is 4.83. The number of nitrogens with one attached hydrogen (secondary N) is 1. The molecule has 1 N–H and O–H groups in total.